The molecule has 0 aliphatic rings. The van der Waals surface area contributed by atoms with Crippen molar-refractivity contribution in [1.29, 1.82) is 0 Å². The molecule has 0 saturated heterocycles. The molecule has 0 heterocycles. The number of aliphatic carboxylic acids is 1. The van der Waals surface area contributed by atoms with E-state index in [4.69, 9.17) is 0 Å². The van der Waals surface area contributed by atoms with E-state index in [1.54, 1.807) is 20.8 Å². The molecule has 1 aromatic carbocycles. The fourth-order valence-electron chi connectivity index (χ4n) is 1.93. The zero-order chi connectivity index (χ0) is 16.3. The van der Waals surface area contributed by atoms with Crippen LogP contribution in [0.15, 0.2) is 24.3 Å². The third-order valence-corrected chi connectivity index (χ3v) is 6.26. The van der Waals surface area contributed by atoms with Gasteiger partial charge in [-0.2, -0.15) is 0 Å². The molecule has 21 heavy (non-hydrogen) atoms. The molecule has 1 atom stereocenters. The van der Waals surface area contributed by atoms with E-state index in [0.29, 0.717) is 6.42 Å². The summed E-state index contributed by atoms with van der Waals surface area (Å²) < 4.78 is 23.3. The summed E-state index contributed by atoms with van der Waals surface area (Å²) in [5, 5.41) is 9.29. The van der Waals surface area contributed by atoms with Gasteiger partial charge in [0.1, 0.15) is 0 Å². The molecule has 1 unspecified atom stereocenters. The van der Waals surface area contributed by atoms with Crippen molar-refractivity contribution in [2.45, 2.75) is 45.3 Å². The minimum Gasteiger partial charge on any atom is -0.481 e. The summed E-state index contributed by atoms with van der Waals surface area (Å²) >= 11 is 0. The molecule has 4 nitrogen and oxygen atoms in total. The smallest absolute Gasteiger partial charge is 0.306 e. The van der Waals surface area contributed by atoms with Gasteiger partial charge < -0.3 is 5.11 Å². The molecule has 0 spiro atoms. The van der Waals surface area contributed by atoms with E-state index in [0.717, 1.165) is 11.1 Å². The van der Waals surface area contributed by atoms with E-state index in [9.17, 15) is 18.3 Å². The Labute approximate surface area is 127 Å². The van der Waals surface area contributed by atoms with Gasteiger partial charge in [0, 0.05) is 0 Å². The van der Waals surface area contributed by atoms with E-state index in [2.05, 4.69) is 0 Å². The lowest BCUT2D eigenvalue weighted by atomic mass is 9.96. The Morgan fingerprint density at radius 2 is 1.71 bits per heavy atom. The lowest BCUT2D eigenvalue weighted by molar-refractivity contribution is -0.141. The number of hydrogen-bond donors (Lipinski definition) is 1. The van der Waals surface area contributed by atoms with Crippen LogP contribution in [0, 0.1) is 12.8 Å². The van der Waals surface area contributed by atoms with E-state index < -0.39 is 26.5 Å². The van der Waals surface area contributed by atoms with Crippen molar-refractivity contribution >= 4 is 15.8 Å². The first-order chi connectivity index (χ1) is 9.53. The fourth-order valence-corrected chi connectivity index (χ4v) is 3.13. The average molecular weight is 312 g/mol. The van der Waals surface area contributed by atoms with Crippen LogP contribution in [0.4, 0.5) is 0 Å². The first kappa shape index (κ1) is 17.7. The zero-order valence-electron chi connectivity index (χ0n) is 13.1. The molecule has 0 radical (unpaired) electrons. The predicted octanol–water partition coefficient (Wildman–Crippen LogP) is 2.84. The molecule has 1 rings (SSSR count). The van der Waals surface area contributed by atoms with Crippen LogP contribution < -0.4 is 0 Å². The largest absolute Gasteiger partial charge is 0.481 e. The summed E-state index contributed by atoms with van der Waals surface area (Å²) in [6, 6.07) is 7.65. The molecule has 118 valence electrons. The van der Waals surface area contributed by atoms with Gasteiger partial charge in [-0.25, -0.2) is 8.42 Å². The van der Waals surface area contributed by atoms with Crippen LogP contribution in [0.25, 0.3) is 0 Å². The Morgan fingerprint density at radius 1 is 1.19 bits per heavy atom. The van der Waals surface area contributed by atoms with Crippen LogP contribution in [-0.4, -0.2) is 30.0 Å². The number of carboxylic acids is 1. The molecule has 0 aliphatic carbocycles. The molecule has 1 N–H and O–H groups in total. The monoisotopic (exact) mass is 312 g/mol. The maximum absolute atomic E-state index is 12.1. The highest BCUT2D eigenvalue weighted by molar-refractivity contribution is 7.92. The predicted molar refractivity (Wildman–Crippen MR) is 84.2 cm³/mol. The quantitative estimate of drug-likeness (QED) is 0.876. The SMILES string of the molecule is Cc1ccc(CC(CCS(=O)(=O)C(C)(C)C)C(=O)O)cc1. The molecule has 0 saturated carbocycles. The lowest BCUT2D eigenvalue weighted by Crippen LogP contribution is -2.32. The second-order valence-corrected chi connectivity index (χ2v) is 9.31. The summed E-state index contributed by atoms with van der Waals surface area (Å²) in [5.74, 6) is -1.72. The van der Waals surface area contributed by atoms with Crippen molar-refractivity contribution in [3.05, 3.63) is 35.4 Å². The number of carboxylic acid groups (broad SMARTS) is 1. The minimum absolute atomic E-state index is 0.0979. The molecule has 0 aliphatic heterocycles. The Morgan fingerprint density at radius 3 is 2.14 bits per heavy atom. The number of rotatable bonds is 6. The van der Waals surface area contributed by atoms with Crippen molar-refractivity contribution in [3.63, 3.8) is 0 Å². The van der Waals surface area contributed by atoms with Gasteiger partial charge in [-0.1, -0.05) is 29.8 Å². The van der Waals surface area contributed by atoms with Crippen molar-refractivity contribution in [1.82, 2.24) is 0 Å². The van der Waals surface area contributed by atoms with Gasteiger partial charge in [-0.15, -0.1) is 0 Å². The number of aryl methyl sites for hydroxylation is 1. The van der Waals surface area contributed by atoms with Gasteiger partial charge >= 0.3 is 5.97 Å². The summed E-state index contributed by atoms with van der Waals surface area (Å²) in [6.07, 6.45) is 0.498. The van der Waals surface area contributed by atoms with Crippen molar-refractivity contribution in [3.8, 4) is 0 Å². The molecule has 0 bridgehead atoms. The molecule has 0 aromatic heterocycles. The summed E-state index contributed by atoms with van der Waals surface area (Å²) in [5.41, 5.74) is 2.03. The van der Waals surface area contributed by atoms with Crippen LogP contribution >= 0.6 is 0 Å². The highest BCUT2D eigenvalue weighted by atomic mass is 32.2. The molecular weight excluding hydrogens is 288 g/mol. The van der Waals surface area contributed by atoms with E-state index >= 15 is 0 Å². The van der Waals surface area contributed by atoms with Crippen molar-refractivity contribution in [2.75, 3.05) is 5.75 Å². The number of benzene rings is 1. The maximum Gasteiger partial charge on any atom is 0.306 e. The third kappa shape index (κ3) is 5.16. The minimum atomic E-state index is -3.29. The Balaban J connectivity index is 2.76. The van der Waals surface area contributed by atoms with Crippen LogP contribution in [0.3, 0.4) is 0 Å². The first-order valence-electron chi connectivity index (χ1n) is 7.03. The van der Waals surface area contributed by atoms with Crippen LogP contribution in [0.2, 0.25) is 0 Å². The topological polar surface area (TPSA) is 71.4 Å². The number of carbonyl (C=O) groups is 1. The number of sulfone groups is 1. The van der Waals surface area contributed by atoms with E-state index in [1.165, 1.54) is 0 Å². The van der Waals surface area contributed by atoms with Gasteiger partial charge in [-0.3, -0.25) is 4.79 Å². The Hall–Kier alpha value is -1.36. The van der Waals surface area contributed by atoms with E-state index in [1.807, 2.05) is 31.2 Å². The summed E-state index contributed by atoms with van der Waals surface area (Å²) in [7, 11) is -3.29. The van der Waals surface area contributed by atoms with Gasteiger partial charge in [0.05, 0.1) is 16.4 Å². The van der Waals surface area contributed by atoms with Crippen LogP contribution in [-0.2, 0) is 21.1 Å². The second kappa shape index (κ2) is 6.60. The maximum atomic E-state index is 12.1. The highest BCUT2D eigenvalue weighted by Crippen LogP contribution is 2.21. The average Bonchev–Trinajstić information content (AvgIpc) is 2.35. The van der Waals surface area contributed by atoms with Crippen LogP contribution in [0.1, 0.15) is 38.3 Å². The normalized spacial score (nSPS) is 13.9. The standard InChI is InChI=1S/C16H24O4S/c1-12-5-7-13(8-6-12)11-14(15(17)18)9-10-21(19,20)16(2,3)4/h5-8,14H,9-11H2,1-4H3,(H,17,18). The van der Waals surface area contributed by atoms with Gasteiger partial charge in [0.15, 0.2) is 9.84 Å². The van der Waals surface area contributed by atoms with Crippen molar-refractivity contribution in [2.24, 2.45) is 5.92 Å². The second-order valence-electron chi connectivity index (χ2n) is 6.44. The summed E-state index contributed by atoms with van der Waals surface area (Å²) in [4.78, 5) is 11.3. The van der Waals surface area contributed by atoms with Gasteiger partial charge in [0.2, 0.25) is 0 Å². The van der Waals surface area contributed by atoms with Gasteiger partial charge in [0.25, 0.3) is 0 Å². The zero-order valence-corrected chi connectivity index (χ0v) is 13.9. The Bertz CT molecular complexity index is 580. The highest BCUT2D eigenvalue weighted by Gasteiger charge is 2.30. The van der Waals surface area contributed by atoms with E-state index in [-0.39, 0.29) is 12.2 Å². The Kier molecular flexibility index (Phi) is 5.56. The van der Waals surface area contributed by atoms with Crippen molar-refractivity contribution < 1.29 is 18.3 Å². The fraction of sp³-hybridized carbons (Fsp3) is 0.562. The van der Waals surface area contributed by atoms with Crippen LogP contribution in [0.5, 0.6) is 0 Å². The first-order valence-corrected chi connectivity index (χ1v) is 8.69. The number of hydrogen-bond acceptors (Lipinski definition) is 3. The molecule has 1 aromatic rings. The molecule has 5 heteroatoms. The third-order valence-electron chi connectivity index (χ3n) is 3.62. The molecule has 0 fully saturated rings. The summed E-state index contributed by atoms with van der Waals surface area (Å²) in [6.45, 7) is 6.88. The lowest BCUT2D eigenvalue weighted by Gasteiger charge is -2.20. The molecular formula is C16H24O4S. The van der Waals surface area contributed by atoms with Gasteiger partial charge in [-0.05, 0) is 46.1 Å². The molecule has 0 amide bonds.